The number of alkyl halides is 3. The fourth-order valence-electron chi connectivity index (χ4n) is 4.05. The number of thioether (sulfide) groups is 1. The molecule has 0 aliphatic carbocycles. The van der Waals surface area contributed by atoms with Crippen LogP contribution in [-0.4, -0.2) is 81.5 Å². The molecule has 7 nitrogen and oxygen atoms in total. The van der Waals surface area contributed by atoms with Crippen LogP contribution in [-0.2, 0) is 11.0 Å². The molecule has 34 heavy (non-hydrogen) atoms. The van der Waals surface area contributed by atoms with Gasteiger partial charge >= 0.3 is 6.18 Å². The number of amides is 2. The number of hydrogen-bond acceptors (Lipinski definition) is 6. The molecule has 3 rings (SSSR count). The number of halogens is 3. The van der Waals surface area contributed by atoms with Crippen molar-refractivity contribution in [1.29, 1.82) is 5.26 Å². The van der Waals surface area contributed by atoms with Crippen LogP contribution in [0.3, 0.4) is 0 Å². The second-order valence-corrected chi connectivity index (χ2v) is 10.1. The molecule has 2 fully saturated rings. The van der Waals surface area contributed by atoms with Gasteiger partial charge in [0.25, 0.3) is 11.1 Å². The third-order valence-corrected chi connectivity index (χ3v) is 7.25. The number of carbonyl (C=O) groups excluding carboxylic acids is 2. The fourth-order valence-corrected chi connectivity index (χ4v) is 5.17. The van der Waals surface area contributed by atoms with Crippen LogP contribution < -0.4 is 4.90 Å². The maximum atomic E-state index is 13.4. The van der Waals surface area contributed by atoms with Crippen molar-refractivity contribution in [2.75, 3.05) is 49.9 Å². The molecular weight excluding hydrogens is 487 g/mol. The molecule has 0 bridgehead atoms. The van der Waals surface area contributed by atoms with Gasteiger partial charge in [-0.1, -0.05) is 18.7 Å². The molecule has 0 spiro atoms. The van der Waals surface area contributed by atoms with Gasteiger partial charge in [-0.3, -0.25) is 19.4 Å². The van der Waals surface area contributed by atoms with Crippen molar-refractivity contribution in [3.8, 4) is 6.07 Å². The first-order valence-corrected chi connectivity index (χ1v) is 12.2. The standard InChI is InChI=1S/C22H26F3N5O2S2/c1-4-34-20(32)28-10-7-27(8-11-28)9-12-29-19(33)30(18(31)21(29,2)3)16-6-5-15(14-26)17(13-16)22(23,24)25/h5-6,13H,4,7-12H2,1-3H3. The Hall–Kier alpha value is -2.36. The normalized spacial score (nSPS) is 19.0. The Labute approximate surface area is 206 Å². The van der Waals surface area contributed by atoms with Gasteiger partial charge < -0.3 is 9.80 Å². The summed E-state index contributed by atoms with van der Waals surface area (Å²) >= 11 is 6.82. The second kappa shape index (κ2) is 10.1. The lowest BCUT2D eigenvalue weighted by atomic mass is 10.0. The quantitative estimate of drug-likeness (QED) is 0.555. The minimum atomic E-state index is -4.74. The average Bonchev–Trinajstić information content (AvgIpc) is 2.95. The molecule has 2 saturated heterocycles. The van der Waals surface area contributed by atoms with Gasteiger partial charge in [0, 0.05) is 39.3 Å². The Bertz CT molecular complexity index is 1020. The van der Waals surface area contributed by atoms with Crippen LogP contribution in [0.4, 0.5) is 23.7 Å². The third kappa shape index (κ3) is 5.16. The van der Waals surface area contributed by atoms with E-state index in [4.69, 9.17) is 17.5 Å². The van der Waals surface area contributed by atoms with Gasteiger partial charge in [-0.05, 0) is 50.0 Å². The van der Waals surface area contributed by atoms with E-state index in [1.165, 1.54) is 17.8 Å². The Kier molecular flexibility index (Phi) is 7.79. The summed E-state index contributed by atoms with van der Waals surface area (Å²) in [6, 6.07) is 4.71. The van der Waals surface area contributed by atoms with E-state index >= 15 is 0 Å². The first kappa shape index (κ1) is 26.2. The zero-order valence-corrected chi connectivity index (χ0v) is 20.8. The van der Waals surface area contributed by atoms with E-state index < -0.39 is 28.7 Å². The van der Waals surface area contributed by atoms with Crippen LogP contribution in [0.25, 0.3) is 0 Å². The molecule has 0 saturated carbocycles. The highest BCUT2D eigenvalue weighted by molar-refractivity contribution is 8.13. The zero-order chi connectivity index (χ0) is 25.3. The Morgan fingerprint density at radius 2 is 1.85 bits per heavy atom. The molecule has 1 aromatic rings. The van der Waals surface area contributed by atoms with Crippen molar-refractivity contribution >= 4 is 45.9 Å². The van der Waals surface area contributed by atoms with Crippen molar-refractivity contribution in [2.24, 2.45) is 0 Å². The predicted molar refractivity (Wildman–Crippen MR) is 129 cm³/mol. The smallest absolute Gasteiger partial charge is 0.333 e. The Morgan fingerprint density at radius 1 is 1.21 bits per heavy atom. The number of carbonyl (C=O) groups is 2. The summed E-state index contributed by atoms with van der Waals surface area (Å²) in [6.45, 7) is 8.95. The van der Waals surface area contributed by atoms with Crippen LogP contribution in [0.15, 0.2) is 18.2 Å². The van der Waals surface area contributed by atoms with E-state index in [0.29, 0.717) is 39.3 Å². The van der Waals surface area contributed by atoms with Gasteiger partial charge in [0.05, 0.1) is 22.9 Å². The van der Waals surface area contributed by atoms with Crippen molar-refractivity contribution in [2.45, 2.75) is 32.5 Å². The highest BCUT2D eigenvalue weighted by Crippen LogP contribution is 2.37. The van der Waals surface area contributed by atoms with Crippen molar-refractivity contribution in [1.82, 2.24) is 14.7 Å². The van der Waals surface area contributed by atoms with E-state index in [2.05, 4.69) is 4.90 Å². The number of hydrogen-bond donors (Lipinski definition) is 0. The van der Waals surface area contributed by atoms with Gasteiger partial charge in [-0.25, -0.2) is 0 Å². The topological polar surface area (TPSA) is 70.9 Å². The lowest BCUT2D eigenvalue weighted by Gasteiger charge is -2.37. The number of anilines is 1. The molecule has 2 amide bonds. The molecule has 184 valence electrons. The van der Waals surface area contributed by atoms with Crippen LogP contribution in [0.2, 0.25) is 0 Å². The molecule has 0 atom stereocenters. The molecule has 0 radical (unpaired) electrons. The van der Waals surface area contributed by atoms with Gasteiger partial charge in [0.15, 0.2) is 5.11 Å². The molecule has 2 aliphatic heterocycles. The SMILES string of the molecule is CCSC(=O)N1CCN(CCN2C(=S)N(c3ccc(C#N)c(C(F)(F)F)c3)C(=O)C2(C)C)CC1. The maximum Gasteiger partial charge on any atom is 0.417 e. The van der Waals surface area contributed by atoms with Crippen LogP contribution in [0.1, 0.15) is 31.9 Å². The molecule has 0 aromatic heterocycles. The Morgan fingerprint density at radius 3 is 2.41 bits per heavy atom. The van der Waals surface area contributed by atoms with Gasteiger partial charge in [0.2, 0.25) is 0 Å². The average molecular weight is 514 g/mol. The first-order chi connectivity index (χ1) is 15.9. The second-order valence-electron chi connectivity index (χ2n) is 8.50. The molecule has 2 heterocycles. The summed E-state index contributed by atoms with van der Waals surface area (Å²) < 4.78 is 40.3. The van der Waals surface area contributed by atoms with E-state index in [0.717, 1.165) is 22.8 Å². The van der Waals surface area contributed by atoms with E-state index in [9.17, 15) is 22.8 Å². The lowest BCUT2D eigenvalue weighted by Crippen LogP contribution is -2.52. The highest BCUT2D eigenvalue weighted by Gasteiger charge is 2.49. The summed E-state index contributed by atoms with van der Waals surface area (Å²) in [6.07, 6.45) is -4.74. The molecular formula is C22H26F3N5O2S2. The van der Waals surface area contributed by atoms with Crippen LogP contribution in [0.5, 0.6) is 0 Å². The maximum absolute atomic E-state index is 13.4. The summed E-state index contributed by atoms with van der Waals surface area (Å²) in [4.78, 5) is 32.1. The van der Waals surface area contributed by atoms with Crippen molar-refractivity contribution < 1.29 is 22.8 Å². The van der Waals surface area contributed by atoms with Gasteiger partial charge in [-0.2, -0.15) is 18.4 Å². The number of piperazine rings is 1. The zero-order valence-electron chi connectivity index (χ0n) is 19.2. The van der Waals surface area contributed by atoms with Crippen molar-refractivity contribution in [3.63, 3.8) is 0 Å². The molecule has 0 unspecified atom stereocenters. The van der Waals surface area contributed by atoms with E-state index in [1.807, 2.05) is 11.8 Å². The minimum absolute atomic E-state index is 0.0162. The highest BCUT2D eigenvalue weighted by atomic mass is 32.2. The molecule has 2 aliphatic rings. The number of benzene rings is 1. The predicted octanol–water partition coefficient (Wildman–Crippen LogP) is 3.78. The number of nitriles is 1. The van der Waals surface area contributed by atoms with Gasteiger partial charge in [0.1, 0.15) is 5.54 Å². The van der Waals surface area contributed by atoms with E-state index in [-0.39, 0.29) is 16.0 Å². The fraction of sp³-hybridized carbons (Fsp3) is 0.545. The summed E-state index contributed by atoms with van der Waals surface area (Å²) in [5.41, 5.74) is -2.68. The molecule has 12 heteroatoms. The Balaban J connectivity index is 1.73. The van der Waals surface area contributed by atoms with Crippen LogP contribution in [0, 0.1) is 11.3 Å². The molecule has 0 N–H and O–H groups in total. The first-order valence-electron chi connectivity index (χ1n) is 10.8. The van der Waals surface area contributed by atoms with Gasteiger partial charge in [-0.15, -0.1) is 0 Å². The third-order valence-electron chi connectivity index (χ3n) is 6.05. The van der Waals surface area contributed by atoms with Crippen molar-refractivity contribution in [3.05, 3.63) is 29.3 Å². The largest absolute Gasteiger partial charge is 0.417 e. The van der Waals surface area contributed by atoms with Crippen LogP contribution >= 0.6 is 24.0 Å². The lowest BCUT2D eigenvalue weighted by molar-refractivity contribution is -0.137. The minimum Gasteiger partial charge on any atom is -0.333 e. The summed E-state index contributed by atoms with van der Waals surface area (Å²) in [7, 11) is 0. The molecule has 1 aromatic carbocycles. The van der Waals surface area contributed by atoms with E-state index in [1.54, 1.807) is 24.8 Å². The number of nitrogens with zero attached hydrogens (tertiary/aromatic N) is 5. The monoisotopic (exact) mass is 513 g/mol. The number of rotatable bonds is 5. The number of thiocarbonyl (C=S) groups is 1. The summed E-state index contributed by atoms with van der Waals surface area (Å²) in [5, 5.41) is 9.24. The summed E-state index contributed by atoms with van der Waals surface area (Å²) in [5.74, 6) is 0.303.